The first-order valence-electron chi connectivity index (χ1n) is 8.56. The summed E-state index contributed by atoms with van der Waals surface area (Å²) < 4.78 is 5.43. The van der Waals surface area contributed by atoms with Crippen molar-refractivity contribution in [3.63, 3.8) is 0 Å². The number of aromatic nitrogens is 2. The van der Waals surface area contributed by atoms with Gasteiger partial charge in [-0.15, -0.1) is 0 Å². The van der Waals surface area contributed by atoms with E-state index >= 15 is 0 Å². The van der Waals surface area contributed by atoms with Crippen molar-refractivity contribution in [2.75, 3.05) is 19.0 Å². The number of nitrogens with zero attached hydrogens (tertiary/aromatic N) is 2. The number of nitrogens with two attached hydrogens (primary N) is 1. The van der Waals surface area contributed by atoms with Gasteiger partial charge in [-0.05, 0) is 55.8 Å². The molecule has 1 heterocycles. The topological polar surface area (TPSA) is 73.1 Å². The lowest BCUT2D eigenvalue weighted by atomic mass is 9.74. The highest BCUT2D eigenvalue weighted by molar-refractivity contribution is 5.67. The molecular formula is C19H26N4O. The quantitative estimate of drug-likeness (QED) is 0.880. The van der Waals surface area contributed by atoms with Gasteiger partial charge >= 0.3 is 0 Å². The monoisotopic (exact) mass is 326 g/mol. The summed E-state index contributed by atoms with van der Waals surface area (Å²) in [6.45, 7) is 3.04. The van der Waals surface area contributed by atoms with Gasteiger partial charge in [0, 0.05) is 17.8 Å². The van der Waals surface area contributed by atoms with Crippen LogP contribution >= 0.6 is 0 Å². The highest BCUT2D eigenvalue weighted by atomic mass is 16.5. The summed E-state index contributed by atoms with van der Waals surface area (Å²) in [5, 5.41) is 3.49. The predicted octanol–water partition coefficient (Wildman–Crippen LogP) is 3.47. The maximum absolute atomic E-state index is 5.89. The van der Waals surface area contributed by atoms with E-state index in [-0.39, 0.29) is 5.41 Å². The molecule has 0 amide bonds. The molecule has 0 saturated heterocycles. The van der Waals surface area contributed by atoms with Crippen molar-refractivity contribution in [2.24, 2.45) is 11.1 Å². The molecular weight excluding hydrogens is 300 g/mol. The maximum atomic E-state index is 5.89. The Bertz CT molecular complexity index is 681. The van der Waals surface area contributed by atoms with E-state index in [1.807, 2.05) is 30.3 Å². The smallest absolute Gasteiger partial charge is 0.223 e. The molecule has 0 bridgehead atoms. The van der Waals surface area contributed by atoms with Crippen LogP contribution in [0.3, 0.4) is 0 Å². The zero-order valence-corrected chi connectivity index (χ0v) is 14.5. The summed E-state index contributed by atoms with van der Waals surface area (Å²) in [5.74, 6) is 1.50. The van der Waals surface area contributed by atoms with Gasteiger partial charge in [-0.25, -0.2) is 9.97 Å². The van der Waals surface area contributed by atoms with Crippen LogP contribution < -0.4 is 15.8 Å². The number of rotatable bonds is 5. The lowest BCUT2D eigenvalue weighted by Gasteiger charge is -2.36. The zero-order valence-electron chi connectivity index (χ0n) is 14.5. The molecule has 5 heteroatoms. The Labute approximate surface area is 143 Å². The average Bonchev–Trinajstić information content (AvgIpc) is 2.64. The fraction of sp³-hybridized carbons (Fsp3) is 0.474. The van der Waals surface area contributed by atoms with Crippen molar-refractivity contribution in [2.45, 2.75) is 38.6 Å². The Morgan fingerprint density at radius 2 is 2.00 bits per heavy atom. The first-order chi connectivity index (χ1) is 11.6. The Morgan fingerprint density at radius 3 is 2.71 bits per heavy atom. The van der Waals surface area contributed by atoms with Crippen LogP contribution in [0.1, 0.15) is 32.6 Å². The lowest BCUT2D eigenvalue weighted by molar-refractivity contribution is 0.215. The van der Waals surface area contributed by atoms with Gasteiger partial charge < -0.3 is 15.8 Å². The minimum Gasteiger partial charge on any atom is -0.496 e. The molecule has 24 heavy (non-hydrogen) atoms. The van der Waals surface area contributed by atoms with Gasteiger partial charge in [0.15, 0.2) is 0 Å². The number of hydrogen-bond donors (Lipinski definition) is 2. The van der Waals surface area contributed by atoms with Gasteiger partial charge in [0.05, 0.1) is 12.8 Å². The largest absolute Gasteiger partial charge is 0.496 e. The van der Waals surface area contributed by atoms with Gasteiger partial charge in [-0.3, -0.25) is 0 Å². The first kappa shape index (κ1) is 16.7. The molecule has 0 unspecified atom stereocenters. The number of hydrogen-bond acceptors (Lipinski definition) is 5. The van der Waals surface area contributed by atoms with Gasteiger partial charge in [0.25, 0.3) is 0 Å². The third kappa shape index (κ3) is 3.67. The normalized spacial score (nSPS) is 23.7. The molecule has 3 rings (SSSR count). The van der Waals surface area contributed by atoms with Crippen molar-refractivity contribution < 1.29 is 4.74 Å². The Kier molecular flexibility index (Phi) is 5.00. The van der Waals surface area contributed by atoms with Crippen LogP contribution in [-0.4, -0.2) is 29.7 Å². The third-order valence-electron chi connectivity index (χ3n) is 5.06. The Morgan fingerprint density at radius 1 is 1.25 bits per heavy atom. The number of benzene rings is 1. The van der Waals surface area contributed by atoms with Crippen LogP contribution in [0.4, 0.5) is 5.95 Å². The highest BCUT2D eigenvalue weighted by Crippen LogP contribution is 2.35. The fourth-order valence-electron chi connectivity index (χ4n) is 3.28. The van der Waals surface area contributed by atoms with E-state index in [9.17, 15) is 0 Å². The van der Waals surface area contributed by atoms with E-state index in [0.29, 0.717) is 12.0 Å². The molecule has 1 saturated carbocycles. The van der Waals surface area contributed by atoms with Crippen LogP contribution in [0.25, 0.3) is 11.3 Å². The second-order valence-corrected chi connectivity index (χ2v) is 6.90. The first-order valence-corrected chi connectivity index (χ1v) is 8.56. The molecule has 1 aromatic heterocycles. The van der Waals surface area contributed by atoms with Crippen LogP contribution in [0.5, 0.6) is 5.75 Å². The summed E-state index contributed by atoms with van der Waals surface area (Å²) >= 11 is 0. The van der Waals surface area contributed by atoms with Crippen LogP contribution in [-0.2, 0) is 0 Å². The molecule has 0 spiro atoms. The van der Waals surface area contributed by atoms with E-state index in [2.05, 4.69) is 22.2 Å². The molecule has 1 aromatic carbocycles. The molecule has 0 aliphatic heterocycles. The zero-order chi connectivity index (χ0) is 17.0. The molecule has 2 aromatic rings. The van der Waals surface area contributed by atoms with Gasteiger partial charge in [0.1, 0.15) is 5.75 Å². The summed E-state index contributed by atoms with van der Waals surface area (Å²) in [6, 6.07) is 10.2. The van der Waals surface area contributed by atoms with Crippen LogP contribution in [0, 0.1) is 5.41 Å². The lowest BCUT2D eigenvalue weighted by Crippen LogP contribution is -2.36. The average molecular weight is 326 g/mol. The van der Waals surface area contributed by atoms with E-state index < -0.39 is 0 Å². The van der Waals surface area contributed by atoms with Gasteiger partial charge in [-0.1, -0.05) is 19.1 Å². The summed E-state index contributed by atoms with van der Waals surface area (Å²) in [6.07, 6.45) is 6.30. The van der Waals surface area contributed by atoms with Crippen LogP contribution in [0.15, 0.2) is 36.5 Å². The summed E-state index contributed by atoms with van der Waals surface area (Å²) in [7, 11) is 1.68. The summed E-state index contributed by atoms with van der Waals surface area (Å²) in [5.41, 5.74) is 8.02. The van der Waals surface area contributed by atoms with Crippen molar-refractivity contribution >= 4 is 5.95 Å². The van der Waals surface area contributed by atoms with Crippen LogP contribution in [0.2, 0.25) is 0 Å². The maximum Gasteiger partial charge on any atom is 0.223 e. The minimum atomic E-state index is 0.290. The molecule has 1 aliphatic rings. The molecule has 0 atom stereocenters. The molecule has 1 fully saturated rings. The Balaban J connectivity index is 1.72. The number of anilines is 1. The van der Waals surface area contributed by atoms with Gasteiger partial charge in [-0.2, -0.15) is 0 Å². The standard InChI is InChI=1S/C19H26N4O/c1-19(13-20)10-7-14(8-11-19)22-18-21-12-9-16(23-18)15-5-3-4-6-17(15)24-2/h3-6,9,12,14H,7-8,10-11,13,20H2,1-2H3,(H,21,22,23). The van der Waals surface area contributed by atoms with E-state index in [0.717, 1.165) is 49.2 Å². The molecule has 128 valence electrons. The number of nitrogens with one attached hydrogen (secondary N) is 1. The highest BCUT2D eigenvalue weighted by Gasteiger charge is 2.30. The van der Waals surface area contributed by atoms with Crippen molar-refractivity contribution in [3.05, 3.63) is 36.5 Å². The Hall–Kier alpha value is -2.14. The number of ether oxygens (including phenoxy) is 1. The van der Waals surface area contributed by atoms with E-state index in [4.69, 9.17) is 10.5 Å². The van der Waals surface area contributed by atoms with E-state index in [1.165, 1.54) is 0 Å². The van der Waals surface area contributed by atoms with E-state index in [1.54, 1.807) is 13.3 Å². The van der Waals surface area contributed by atoms with Crippen molar-refractivity contribution in [3.8, 4) is 17.0 Å². The summed E-state index contributed by atoms with van der Waals surface area (Å²) in [4.78, 5) is 9.06. The molecule has 1 aliphatic carbocycles. The van der Waals surface area contributed by atoms with Gasteiger partial charge in [0.2, 0.25) is 5.95 Å². The number of para-hydroxylation sites is 1. The predicted molar refractivity (Wildman–Crippen MR) is 97.1 cm³/mol. The molecule has 3 N–H and O–H groups in total. The third-order valence-corrected chi connectivity index (χ3v) is 5.06. The number of methoxy groups -OCH3 is 1. The molecule has 0 radical (unpaired) electrons. The second kappa shape index (κ2) is 7.18. The SMILES string of the molecule is COc1ccccc1-c1ccnc(NC2CCC(C)(CN)CC2)n1. The second-order valence-electron chi connectivity index (χ2n) is 6.90. The molecule has 5 nitrogen and oxygen atoms in total. The van der Waals surface area contributed by atoms with Crippen molar-refractivity contribution in [1.82, 2.24) is 9.97 Å². The fourth-order valence-corrected chi connectivity index (χ4v) is 3.28. The minimum absolute atomic E-state index is 0.290. The van der Waals surface area contributed by atoms with Crippen molar-refractivity contribution in [1.29, 1.82) is 0 Å².